The fourth-order valence-corrected chi connectivity index (χ4v) is 4.70. The van der Waals surface area contributed by atoms with Gasteiger partial charge in [0.25, 0.3) is 0 Å². The van der Waals surface area contributed by atoms with E-state index in [2.05, 4.69) is 55.0 Å². The van der Waals surface area contributed by atoms with Crippen LogP contribution in [0.4, 0.5) is 0 Å². The fourth-order valence-electron chi connectivity index (χ4n) is 4.70. The van der Waals surface area contributed by atoms with Crippen molar-refractivity contribution >= 4 is 5.91 Å². The second-order valence-electron chi connectivity index (χ2n) is 8.36. The van der Waals surface area contributed by atoms with Crippen LogP contribution in [0.5, 0.6) is 5.75 Å². The SMILES string of the molecule is COc1ccc(C2CN(C)CC23CCN(C(=O)CC(C)C)CC3)cc1. The highest BCUT2D eigenvalue weighted by Gasteiger charge is 2.47. The van der Waals surface area contributed by atoms with Gasteiger partial charge < -0.3 is 14.5 Å². The number of methoxy groups -OCH3 is 1. The predicted octanol–water partition coefficient (Wildman–Crippen LogP) is 3.38. The third-order valence-corrected chi connectivity index (χ3v) is 6.03. The molecule has 1 aromatic carbocycles. The van der Waals surface area contributed by atoms with E-state index in [-0.39, 0.29) is 0 Å². The van der Waals surface area contributed by atoms with Gasteiger partial charge in [0.2, 0.25) is 5.91 Å². The lowest BCUT2D eigenvalue weighted by molar-refractivity contribution is -0.134. The molecule has 0 radical (unpaired) electrons. The number of amides is 1. The van der Waals surface area contributed by atoms with E-state index < -0.39 is 0 Å². The van der Waals surface area contributed by atoms with Crippen molar-refractivity contribution in [1.82, 2.24) is 9.80 Å². The Labute approximate surface area is 152 Å². The van der Waals surface area contributed by atoms with E-state index in [9.17, 15) is 4.79 Å². The molecule has 25 heavy (non-hydrogen) atoms. The molecular weight excluding hydrogens is 312 g/mol. The fraction of sp³-hybridized carbons (Fsp3) is 0.667. The molecule has 2 aliphatic rings. The number of nitrogens with zero attached hydrogens (tertiary/aromatic N) is 2. The average molecular weight is 344 g/mol. The quantitative estimate of drug-likeness (QED) is 0.839. The number of likely N-dealkylation sites (N-methyl/N-ethyl adjacent to an activating group) is 1. The first kappa shape index (κ1) is 18.2. The first-order valence-electron chi connectivity index (χ1n) is 9.54. The number of benzene rings is 1. The molecule has 1 atom stereocenters. The summed E-state index contributed by atoms with van der Waals surface area (Å²) in [4.78, 5) is 17.0. The van der Waals surface area contributed by atoms with Crippen LogP contribution in [0.25, 0.3) is 0 Å². The number of likely N-dealkylation sites (tertiary alicyclic amines) is 2. The van der Waals surface area contributed by atoms with Crippen molar-refractivity contribution < 1.29 is 9.53 Å². The number of piperidine rings is 1. The second-order valence-corrected chi connectivity index (χ2v) is 8.36. The van der Waals surface area contributed by atoms with Crippen molar-refractivity contribution in [3.63, 3.8) is 0 Å². The number of hydrogen-bond acceptors (Lipinski definition) is 3. The van der Waals surface area contributed by atoms with Crippen LogP contribution in [0.15, 0.2) is 24.3 Å². The van der Waals surface area contributed by atoms with E-state index in [1.54, 1.807) is 7.11 Å². The van der Waals surface area contributed by atoms with Crippen molar-refractivity contribution in [2.24, 2.45) is 11.3 Å². The Kier molecular flexibility index (Phi) is 5.38. The molecule has 0 saturated carbocycles. The van der Waals surface area contributed by atoms with Crippen LogP contribution in [0.3, 0.4) is 0 Å². The van der Waals surface area contributed by atoms with Crippen LogP contribution in [-0.4, -0.2) is 56.0 Å². The minimum Gasteiger partial charge on any atom is -0.497 e. The van der Waals surface area contributed by atoms with Gasteiger partial charge in [0, 0.05) is 38.5 Å². The van der Waals surface area contributed by atoms with Gasteiger partial charge in [-0.1, -0.05) is 26.0 Å². The van der Waals surface area contributed by atoms with Gasteiger partial charge >= 0.3 is 0 Å². The Morgan fingerprint density at radius 2 is 1.88 bits per heavy atom. The maximum atomic E-state index is 12.4. The summed E-state index contributed by atoms with van der Waals surface area (Å²) in [5, 5.41) is 0. The minimum atomic E-state index is 0.304. The van der Waals surface area contributed by atoms with Gasteiger partial charge in [0.15, 0.2) is 0 Å². The zero-order chi connectivity index (χ0) is 18.0. The number of carbonyl (C=O) groups excluding carboxylic acids is 1. The topological polar surface area (TPSA) is 32.8 Å². The Morgan fingerprint density at radius 3 is 2.44 bits per heavy atom. The summed E-state index contributed by atoms with van der Waals surface area (Å²) in [6.45, 7) is 8.30. The molecule has 1 amide bonds. The molecule has 4 heteroatoms. The summed E-state index contributed by atoms with van der Waals surface area (Å²) >= 11 is 0. The van der Waals surface area contributed by atoms with Gasteiger partial charge in [0.1, 0.15) is 5.75 Å². The number of rotatable bonds is 4. The summed E-state index contributed by atoms with van der Waals surface area (Å²) in [6, 6.07) is 8.59. The summed E-state index contributed by atoms with van der Waals surface area (Å²) in [6.07, 6.45) is 2.89. The molecule has 0 bridgehead atoms. The van der Waals surface area contributed by atoms with E-state index in [1.165, 1.54) is 5.56 Å². The zero-order valence-corrected chi connectivity index (χ0v) is 16.1. The molecule has 1 unspecified atom stereocenters. The van der Waals surface area contributed by atoms with Crippen LogP contribution >= 0.6 is 0 Å². The molecule has 138 valence electrons. The molecule has 1 spiro atoms. The lowest BCUT2D eigenvalue weighted by atomic mass is 9.68. The Hall–Kier alpha value is -1.55. The van der Waals surface area contributed by atoms with Gasteiger partial charge in [-0.05, 0) is 48.9 Å². The Morgan fingerprint density at radius 1 is 1.24 bits per heavy atom. The van der Waals surface area contributed by atoms with Crippen molar-refractivity contribution in [2.45, 2.75) is 39.0 Å². The highest BCUT2D eigenvalue weighted by atomic mass is 16.5. The van der Waals surface area contributed by atoms with Gasteiger partial charge in [-0.15, -0.1) is 0 Å². The molecule has 4 nitrogen and oxygen atoms in total. The molecule has 0 aliphatic carbocycles. The third kappa shape index (κ3) is 3.84. The minimum absolute atomic E-state index is 0.304. The molecule has 0 N–H and O–H groups in total. The van der Waals surface area contributed by atoms with Crippen LogP contribution < -0.4 is 4.74 Å². The summed E-state index contributed by atoms with van der Waals surface area (Å²) in [5.74, 6) is 2.23. The van der Waals surface area contributed by atoms with Crippen molar-refractivity contribution in [2.75, 3.05) is 40.3 Å². The highest BCUT2D eigenvalue weighted by molar-refractivity contribution is 5.76. The Bertz CT molecular complexity index is 588. The van der Waals surface area contributed by atoms with Crippen LogP contribution in [0, 0.1) is 11.3 Å². The van der Waals surface area contributed by atoms with E-state index in [4.69, 9.17) is 4.74 Å². The van der Waals surface area contributed by atoms with E-state index in [0.717, 1.165) is 44.8 Å². The number of carbonyl (C=O) groups is 1. The summed E-state index contributed by atoms with van der Waals surface area (Å²) in [7, 11) is 3.94. The van der Waals surface area contributed by atoms with Gasteiger partial charge in [0.05, 0.1) is 7.11 Å². The molecule has 2 aliphatic heterocycles. The van der Waals surface area contributed by atoms with E-state index >= 15 is 0 Å². The Balaban J connectivity index is 1.72. The van der Waals surface area contributed by atoms with Crippen molar-refractivity contribution in [3.8, 4) is 5.75 Å². The highest BCUT2D eigenvalue weighted by Crippen LogP contribution is 2.49. The molecule has 3 rings (SSSR count). The third-order valence-electron chi connectivity index (χ3n) is 6.03. The van der Waals surface area contributed by atoms with Gasteiger partial charge in [-0.2, -0.15) is 0 Å². The standard InChI is InChI=1S/C21H32N2O2/c1-16(2)13-20(24)23-11-9-21(10-12-23)15-22(3)14-19(21)17-5-7-18(25-4)8-6-17/h5-8,16,19H,9-15H2,1-4H3. The molecule has 0 aromatic heterocycles. The maximum Gasteiger partial charge on any atom is 0.222 e. The largest absolute Gasteiger partial charge is 0.497 e. The molecule has 2 fully saturated rings. The first-order valence-corrected chi connectivity index (χ1v) is 9.54. The lowest BCUT2D eigenvalue weighted by Crippen LogP contribution is -2.46. The number of hydrogen-bond donors (Lipinski definition) is 0. The monoisotopic (exact) mass is 344 g/mol. The molecule has 2 saturated heterocycles. The molecule has 1 aromatic rings. The van der Waals surface area contributed by atoms with Crippen LogP contribution in [0.2, 0.25) is 0 Å². The molecular formula is C21H32N2O2. The number of ether oxygens (including phenoxy) is 1. The average Bonchev–Trinajstić information content (AvgIpc) is 2.90. The molecule has 2 heterocycles. The predicted molar refractivity (Wildman–Crippen MR) is 101 cm³/mol. The lowest BCUT2D eigenvalue weighted by Gasteiger charge is -2.43. The van der Waals surface area contributed by atoms with Crippen molar-refractivity contribution in [3.05, 3.63) is 29.8 Å². The van der Waals surface area contributed by atoms with Gasteiger partial charge in [-0.25, -0.2) is 0 Å². The maximum absolute atomic E-state index is 12.4. The summed E-state index contributed by atoms with van der Waals surface area (Å²) in [5.41, 5.74) is 1.71. The smallest absolute Gasteiger partial charge is 0.222 e. The zero-order valence-electron chi connectivity index (χ0n) is 16.1. The van der Waals surface area contributed by atoms with Crippen molar-refractivity contribution in [1.29, 1.82) is 0 Å². The van der Waals surface area contributed by atoms with E-state index in [0.29, 0.717) is 29.6 Å². The normalized spacial score (nSPS) is 23.4. The van der Waals surface area contributed by atoms with E-state index in [1.807, 2.05) is 0 Å². The first-order chi connectivity index (χ1) is 11.9. The van der Waals surface area contributed by atoms with Gasteiger partial charge in [-0.3, -0.25) is 4.79 Å². The summed E-state index contributed by atoms with van der Waals surface area (Å²) < 4.78 is 5.31. The van der Waals surface area contributed by atoms with Crippen LogP contribution in [-0.2, 0) is 4.79 Å². The van der Waals surface area contributed by atoms with Crippen LogP contribution in [0.1, 0.15) is 44.6 Å². The second kappa shape index (κ2) is 7.36.